The van der Waals surface area contributed by atoms with Crippen molar-refractivity contribution in [1.29, 1.82) is 0 Å². The molecule has 0 atom stereocenters. The Labute approximate surface area is 146 Å². The predicted molar refractivity (Wildman–Crippen MR) is 87.4 cm³/mol. The maximum absolute atomic E-state index is 14.6. The van der Waals surface area contributed by atoms with Gasteiger partial charge in [0.2, 0.25) is 0 Å². The van der Waals surface area contributed by atoms with E-state index in [2.05, 4.69) is 0 Å². The lowest BCUT2D eigenvalue weighted by Crippen LogP contribution is -2.16. The number of hydrogen-bond donors (Lipinski definition) is 0. The van der Waals surface area contributed by atoms with Crippen LogP contribution >= 0.6 is 0 Å². The molecule has 3 aromatic rings. The predicted octanol–water partition coefficient (Wildman–Crippen LogP) is 6.64. The molecule has 134 valence electrons. The van der Waals surface area contributed by atoms with Gasteiger partial charge in [0, 0.05) is 11.1 Å². The van der Waals surface area contributed by atoms with Gasteiger partial charge in [-0.25, -0.2) is 0 Å². The summed E-state index contributed by atoms with van der Waals surface area (Å²) >= 11 is 0. The molecule has 0 aliphatic rings. The first-order valence-corrected chi connectivity index (χ1v) is 7.66. The Hall–Kier alpha value is -2.89. The molecule has 0 aliphatic heterocycles. The lowest BCUT2D eigenvalue weighted by atomic mass is 9.98. The summed E-state index contributed by atoms with van der Waals surface area (Å²) in [5.74, 6) is -2.67. The van der Waals surface area contributed by atoms with Crippen LogP contribution in [0.5, 0.6) is 11.5 Å². The molecular weight excluding hydrogens is 351 g/mol. The third-order valence-electron chi connectivity index (χ3n) is 3.75. The molecule has 3 rings (SSSR count). The summed E-state index contributed by atoms with van der Waals surface area (Å²) in [5.41, 5.74) is -2.25. The van der Waals surface area contributed by atoms with E-state index in [0.29, 0.717) is 17.6 Å². The maximum Gasteiger partial charge on any atom is 0.416 e. The average molecular weight is 364 g/mol. The van der Waals surface area contributed by atoms with E-state index in [4.69, 9.17) is 4.74 Å². The Morgan fingerprint density at radius 3 is 1.73 bits per heavy atom. The summed E-state index contributed by atoms with van der Waals surface area (Å²) in [7, 11) is 0. The highest BCUT2D eigenvalue weighted by Gasteiger charge is 2.37. The molecule has 0 heterocycles. The monoisotopic (exact) mass is 364 g/mol. The van der Waals surface area contributed by atoms with Crippen molar-refractivity contribution in [3.05, 3.63) is 95.6 Å². The molecule has 0 saturated heterocycles. The highest BCUT2D eigenvalue weighted by molar-refractivity contribution is 5.40. The third kappa shape index (κ3) is 3.85. The summed E-state index contributed by atoms with van der Waals surface area (Å²) in [6.07, 6.45) is -4.68. The second-order valence-corrected chi connectivity index (χ2v) is 5.59. The molecule has 0 amide bonds. The molecule has 0 bridgehead atoms. The summed E-state index contributed by atoms with van der Waals surface area (Å²) in [5, 5.41) is 0. The normalized spacial score (nSPS) is 12.0. The molecule has 0 unspecified atom stereocenters. The Balaban J connectivity index is 1.86. The van der Waals surface area contributed by atoms with Gasteiger partial charge in [0.1, 0.15) is 11.5 Å². The van der Waals surface area contributed by atoms with Gasteiger partial charge in [0.25, 0.3) is 5.92 Å². The highest BCUT2D eigenvalue weighted by Crippen LogP contribution is 2.39. The first-order chi connectivity index (χ1) is 12.3. The van der Waals surface area contributed by atoms with Crippen LogP contribution < -0.4 is 4.74 Å². The summed E-state index contributed by atoms with van der Waals surface area (Å²) in [6.45, 7) is 0. The van der Waals surface area contributed by atoms with Crippen LogP contribution in [0.15, 0.2) is 78.9 Å². The van der Waals surface area contributed by atoms with Crippen LogP contribution in [-0.4, -0.2) is 0 Å². The van der Waals surface area contributed by atoms with Crippen LogP contribution in [0.25, 0.3) is 0 Å². The number of halogens is 5. The average Bonchev–Trinajstić information content (AvgIpc) is 2.62. The summed E-state index contributed by atoms with van der Waals surface area (Å²) in [4.78, 5) is 0. The van der Waals surface area contributed by atoms with Crippen molar-refractivity contribution in [3.63, 3.8) is 0 Å². The maximum atomic E-state index is 14.6. The molecule has 1 nitrogen and oxygen atoms in total. The third-order valence-corrected chi connectivity index (χ3v) is 3.75. The van der Waals surface area contributed by atoms with Crippen molar-refractivity contribution in [3.8, 4) is 11.5 Å². The largest absolute Gasteiger partial charge is 0.457 e. The van der Waals surface area contributed by atoms with Gasteiger partial charge < -0.3 is 4.74 Å². The molecular formula is C20H13F5O. The van der Waals surface area contributed by atoms with Crippen LogP contribution in [0.2, 0.25) is 0 Å². The molecule has 0 aliphatic carbocycles. The zero-order valence-corrected chi connectivity index (χ0v) is 13.3. The standard InChI is InChI=1S/C20H13F5O/c21-19(22,15-5-4-6-16(13-15)20(23,24)25)14-9-11-18(12-10-14)26-17-7-2-1-3-8-17/h1-13H. The smallest absolute Gasteiger partial charge is 0.416 e. The molecule has 0 spiro atoms. The quantitative estimate of drug-likeness (QED) is 0.472. The lowest BCUT2D eigenvalue weighted by molar-refractivity contribution is -0.137. The van der Waals surface area contributed by atoms with Crippen LogP contribution in [0, 0.1) is 0 Å². The van der Waals surface area contributed by atoms with Gasteiger partial charge in [0.15, 0.2) is 0 Å². The number of alkyl halides is 5. The SMILES string of the molecule is FC(F)(F)c1cccc(C(F)(F)c2ccc(Oc3ccccc3)cc2)c1. The molecule has 3 aromatic carbocycles. The fourth-order valence-electron chi connectivity index (χ4n) is 2.41. The van der Waals surface area contributed by atoms with Crippen molar-refractivity contribution in [1.82, 2.24) is 0 Å². The van der Waals surface area contributed by atoms with E-state index in [-0.39, 0.29) is 0 Å². The molecule has 26 heavy (non-hydrogen) atoms. The fourth-order valence-corrected chi connectivity index (χ4v) is 2.41. The number of hydrogen-bond acceptors (Lipinski definition) is 1. The Morgan fingerprint density at radius 1 is 0.538 bits per heavy atom. The van der Waals surface area contributed by atoms with Gasteiger partial charge in [-0.15, -0.1) is 0 Å². The molecule has 0 radical (unpaired) electrons. The van der Waals surface area contributed by atoms with Gasteiger partial charge >= 0.3 is 6.18 Å². The molecule has 0 aromatic heterocycles. The number of rotatable bonds is 4. The first kappa shape index (κ1) is 17.9. The van der Waals surface area contributed by atoms with Gasteiger partial charge in [-0.2, -0.15) is 22.0 Å². The van der Waals surface area contributed by atoms with Crippen molar-refractivity contribution >= 4 is 0 Å². The van der Waals surface area contributed by atoms with E-state index >= 15 is 0 Å². The Bertz CT molecular complexity index is 871. The van der Waals surface area contributed by atoms with Crippen LogP contribution in [-0.2, 0) is 12.1 Å². The van der Waals surface area contributed by atoms with Crippen LogP contribution in [0.4, 0.5) is 22.0 Å². The molecule has 6 heteroatoms. The molecule has 0 N–H and O–H groups in total. The minimum Gasteiger partial charge on any atom is -0.457 e. The van der Waals surface area contributed by atoms with Crippen molar-refractivity contribution < 1.29 is 26.7 Å². The zero-order valence-electron chi connectivity index (χ0n) is 13.3. The van der Waals surface area contributed by atoms with Crippen LogP contribution in [0.1, 0.15) is 16.7 Å². The minimum atomic E-state index is -4.68. The minimum absolute atomic E-state index is 0.347. The van der Waals surface area contributed by atoms with E-state index in [0.717, 1.165) is 30.3 Å². The molecule has 0 saturated carbocycles. The lowest BCUT2D eigenvalue weighted by Gasteiger charge is -2.19. The zero-order chi connectivity index (χ0) is 18.8. The molecule has 0 fully saturated rings. The number of para-hydroxylation sites is 1. The van der Waals surface area contributed by atoms with E-state index < -0.39 is 28.8 Å². The van der Waals surface area contributed by atoms with E-state index in [1.807, 2.05) is 6.07 Å². The van der Waals surface area contributed by atoms with Crippen molar-refractivity contribution in [2.45, 2.75) is 12.1 Å². The highest BCUT2D eigenvalue weighted by atomic mass is 19.4. The van der Waals surface area contributed by atoms with Crippen molar-refractivity contribution in [2.75, 3.05) is 0 Å². The second kappa shape index (κ2) is 6.78. The summed E-state index contributed by atoms with van der Waals surface area (Å²) in [6, 6.07) is 16.9. The van der Waals surface area contributed by atoms with Gasteiger partial charge in [-0.05, 0) is 48.5 Å². The van der Waals surface area contributed by atoms with Crippen molar-refractivity contribution in [2.24, 2.45) is 0 Å². The van der Waals surface area contributed by atoms with E-state index in [1.165, 1.54) is 12.1 Å². The number of ether oxygens (including phenoxy) is 1. The van der Waals surface area contributed by atoms with E-state index in [9.17, 15) is 22.0 Å². The first-order valence-electron chi connectivity index (χ1n) is 7.66. The van der Waals surface area contributed by atoms with Crippen LogP contribution in [0.3, 0.4) is 0 Å². The number of benzene rings is 3. The van der Waals surface area contributed by atoms with Gasteiger partial charge in [0.05, 0.1) is 5.56 Å². The van der Waals surface area contributed by atoms with E-state index in [1.54, 1.807) is 24.3 Å². The Kier molecular flexibility index (Phi) is 4.68. The second-order valence-electron chi connectivity index (χ2n) is 5.59. The Morgan fingerprint density at radius 2 is 1.12 bits per heavy atom. The topological polar surface area (TPSA) is 9.23 Å². The van der Waals surface area contributed by atoms with Gasteiger partial charge in [-0.1, -0.05) is 30.3 Å². The fraction of sp³-hybridized carbons (Fsp3) is 0.100. The summed E-state index contributed by atoms with van der Waals surface area (Å²) < 4.78 is 73.0. The van der Waals surface area contributed by atoms with Gasteiger partial charge in [-0.3, -0.25) is 0 Å².